The van der Waals surface area contributed by atoms with Gasteiger partial charge in [-0.05, 0) is 48.7 Å². The lowest BCUT2D eigenvalue weighted by molar-refractivity contribution is 0.404. The molecular weight excluding hydrogens is 387 g/mol. The number of methoxy groups -OCH3 is 1. The van der Waals surface area contributed by atoms with Crippen LogP contribution in [-0.2, 0) is 13.0 Å². The van der Waals surface area contributed by atoms with Gasteiger partial charge in [-0.2, -0.15) is 0 Å². The highest BCUT2D eigenvalue weighted by Gasteiger charge is 2.15. The molecule has 0 radical (unpaired) electrons. The zero-order valence-corrected chi connectivity index (χ0v) is 16.8. The summed E-state index contributed by atoms with van der Waals surface area (Å²) in [6.07, 6.45) is 7.64. The minimum Gasteiger partial charge on any atom is -0.496 e. The van der Waals surface area contributed by atoms with Crippen LogP contribution in [0.15, 0.2) is 66.1 Å². The van der Waals surface area contributed by atoms with E-state index in [4.69, 9.17) is 27.9 Å². The first-order chi connectivity index (χ1) is 12.6. The van der Waals surface area contributed by atoms with Crippen LogP contribution in [0.3, 0.4) is 0 Å². The number of hydrogen-bond donors (Lipinski definition) is 0. The molecule has 3 rings (SSSR count). The van der Waals surface area contributed by atoms with Crippen molar-refractivity contribution in [3.8, 4) is 5.75 Å². The van der Waals surface area contributed by atoms with Gasteiger partial charge in [0.05, 0.1) is 18.3 Å². The predicted molar refractivity (Wildman–Crippen MR) is 110 cm³/mol. The first-order valence-corrected chi connectivity index (χ1v) is 9.98. The third-order valence-corrected chi connectivity index (χ3v) is 5.84. The van der Waals surface area contributed by atoms with Crippen molar-refractivity contribution in [1.82, 2.24) is 9.55 Å². The van der Waals surface area contributed by atoms with Gasteiger partial charge in [0.2, 0.25) is 0 Å². The van der Waals surface area contributed by atoms with Gasteiger partial charge in [-0.25, -0.2) is 4.98 Å². The number of ether oxygens (including phenoxy) is 1. The summed E-state index contributed by atoms with van der Waals surface area (Å²) in [5, 5.41) is 1.83. The second kappa shape index (κ2) is 9.36. The second-order valence-corrected chi connectivity index (χ2v) is 8.17. The first-order valence-electron chi connectivity index (χ1n) is 8.34. The van der Waals surface area contributed by atoms with E-state index in [0.717, 1.165) is 35.1 Å². The summed E-state index contributed by atoms with van der Waals surface area (Å²) >= 11 is 14.0. The minimum absolute atomic E-state index is 0.354. The largest absolute Gasteiger partial charge is 0.496 e. The van der Waals surface area contributed by atoms with E-state index in [-0.39, 0.29) is 0 Å². The third-order valence-electron chi connectivity index (χ3n) is 4.06. The molecule has 0 aliphatic rings. The maximum Gasteiger partial charge on any atom is 0.132 e. The molecule has 0 fully saturated rings. The Morgan fingerprint density at radius 3 is 2.58 bits per heavy atom. The van der Waals surface area contributed by atoms with Gasteiger partial charge in [-0.15, -0.1) is 11.8 Å². The topological polar surface area (TPSA) is 27.1 Å². The summed E-state index contributed by atoms with van der Waals surface area (Å²) in [5.74, 6) is 0.849. The quantitative estimate of drug-likeness (QED) is 0.429. The highest BCUT2D eigenvalue weighted by Crippen LogP contribution is 2.36. The number of aryl methyl sites for hydroxylation is 1. The van der Waals surface area contributed by atoms with E-state index in [1.54, 1.807) is 25.1 Å². The molecule has 3 nitrogen and oxygen atoms in total. The van der Waals surface area contributed by atoms with Crippen LogP contribution < -0.4 is 4.74 Å². The Balaban J connectivity index is 1.74. The summed E-state index contributed by atoms with van der Waals surface area (Å²) < 4.78 is 7.61. The third kappa shape index (κ3) is 5.44. The van der Waals surface area contributed by atoms with E-state index in [2.05, 4.69) is 21.7 Å². The predicted octanol–water partition coefficient (Wildman–Crippen LogP) is 5.99. The Kier molecular flexibility index (Phi) is 6.89. The van der Waals surface area contributed by atoms with Crippen LogP contribution in [0.2, 0.25) is 10.0 Å². The monoisotopic (exact) mass is 406 g/mol. The molecule has 6 heteroatoms. The smallest absolute Gasteiger partial charge is 0.132 e. The number of hydrogen-bond acceptors (Lipinski definition) is 3. The lowest BCUT2D eigenvalue weighted by Crippen LogP contribution is -2.13. The Labute approximate surface area is 168 Å². The van der Waals surface area contributed by atoms with Gasteiger partial charge in [0.15, 0.2) is 0 Å². The number of imidazole rings is 1. The highest BCUT2D eigenvalue weighted by molar-refractivity contribution is 8.00. The fourth-order valence-electron chi connectivity index (χ4n) is 2.72. The molecule has 1 unspecified atom stereocenters. The van der Waals surface area contributed by atoms with Crippen molar-refractivity contribution in [2.24, 2.45) is 0 Å². The van der Waals surface area contributed by atoms with E-state index in [0.29, 0.717) is 10.3 Å². The molecular formula is C20H20Cl2N2OS. The van der Waals surface area contributed by atoms with E-state index in [9.17, 15) is 0 Å². The van der Waals surface area contributed by atoms with Crippen molar-refractivity contribution >= 4 is 35.0 Å². The van der Waals surface area contributed by atoms with Gasteiger partial charge in [-0.1, -0.05) is 35.3 Å². The Hall–Kier alpha value is -1.62. The van der Waals surface area contributed by atoms with Crippen LogP contribution >= 0.6 is 35.0 Å². The fourth-order valence-corrected chi connectivity index (χ4v) is 4.39. The van der Waals surface area contributed by atoms with Gasteiger partial charge in [-0.3, -0.25) is 0 Å². The van der Waals surface area contributed by atoms with Crippen molar-refractivity contribution in [3.63, 3.8) is 0 Å². The van der Waals surface area contributed by atoms with Gasteiger partial charge < -0.3 is 9.30 Å². The van der Waals surface area contributed by atoms with Crippen molar-refractivity contribution in [2.75, 3.05) is 7.11 Å². The van der Waals surface area contributed by atoms with Crippen LogP contribution in [0, 0.1) is 0 Å². The zero-order valence-electron chi connectivity index (χ0n) is 14.4. The summed E-state index contributed by atoms with van der Waals surface area (Å²) in [4.78, 5) is 5.21. The van der Waals surface area contributed by atoms with E-state index in [1.807, 2.05) is 42.9 Å². The fraction of sp³-hybridized carbons (Fsp3) is 0.250. The average molecular weight is 407 g/mol. The van der Waals surface area contributed by atoms with Crippen LogP contribution in [0.5, 0.6) is 5.75 Å². The van der Waals surface area contributed by atoms with Gasteiger partial charge >= 0.3 is 0 Å². The molecule has 1 aromatic heterocycles. The summed E-state index contributed by atoms with van der Waals surface area (Å²) in [6, 6.07) is 13.8. The number of thioether (sulfide) groups is 1. The maximum atomic E-state index is 6.19. The number of aromatic nitrogens is 2. The molecule has 0 amide bonds. The summed E-state index contributed by atoms with van der Waals surface area (Å²) in [7, 11) is 1.69. The highest BCUT2D eigenvalue weighted by atomic mass is 35.5. The molecule has 1 atom stereocenters. The van der Waals surface area contributed by atoms with Crippen LogP contribution in [-0.4, -0.2) is 21.9 Å². The van der Waals surface area contributed by atoms with Crippen molar-refractivity contribution < 1.29 is 4.74 Å². The molecule has 0 spiro atoms. The second-order valence-electron chi connectivity index (χ2n) is 5.96. The molecule has 2 aromatic carbocycles. The van der Waals surface area contributed by atoms with E-state index in [1.165, 1.54) is 5.56 Å². The summed E-state index contributed by atoms with van der Waals surface area (Å²) in [5.41, 5.74) is 1.28. The van der Waals surface area contributed by atoms with Gasteiger partial charge in [0, 0.05) is 34.2 Å². The number of halogens is 2. The Bertz CT molecular complexity index is 822. The lowest BCUT2D eigenvalue weighted by atomic mass is 10.1. The normalized spacial score (nSPS) is 12.1. The SMILES string of the molecule is COc1ccc(Cl)cc1SC(CCc1ccc(Cl)cc1)Cn1ccnc1. The summed E-state index contributed by atoms with van der Waals surface area (Å²) in [6.45, 7) is 0.869. The Morgan fingerprint density at radius 2 is 1.88 bits per heavy atom. The van der Waals surface area contributed by atoms with Gasteiger partial charge in [0.25, 0.3) is 0 Å². The standard InChI is InChI=1S/C20H20Cl2N2OS/c1-25-19-9-7-17(22)12-20(19)26-18(13-24-11-10-23-14-24)8-4-15-2-5-16(21)6-3-15/h2-3,5-7,9-12,14,18H,4,8,13H2,1H3. The molecule has 26 heavy (non-hydrogen) atoms. The average Bonchev–Trinajstić information content (AvgIpc) is 3.14. The van der Waals surface area contributed by atoms with Gasteiger partial charge in [0.1, 0.15) is 5.75 Å². The molecule has 0 saturated heterocycles. The lowest BCUT2D eigenvalue weighted by Gasteiger charge is -2.19. The van der Waals surface area contributed by atoms with Crippen molar-refractivity contribution in [3.05, 3.63) is 76.8 Å². The van der Waals surface area contributed by atoms with Crippen LogP contribution in [0.1, 0.15) is 12.0 Å². The van der Waals surface area contributed by atoms with Crippen molar-refractivity contribution in [1.29, 1.82) is 0 Å². The van der Waals surface area contributed by atoms with Crippen molar-refractivity contribution in [2.45, 2.75) is 29.5 Å². The Morgan fingerprint density at radius 1 is 1.12 bits per heavy atom. The molecule has 0 saturated carbocycles. The molecule has 0 aliphatic heterocycles. The van der Waals surface area contributed by atoms with Crippen LogP contribution in [0.4, 0.5) is 0 Å². The molecule has 0 N–H and O–H groups in total. The molecule has 0 bridgehead atoms. The first kappa shape index (κ1) is 19.2. The minimum atomic E-state index is 0.354. The molecule has 1 heterocycles. The van der Waals surface area contributed by atoms with E-state index >= 15 is 0 Å². The molecule has 3 aromatic rings. The maximum absolute atomic E-state index is 6.19. The zero-order chi connectivity index (χ0) is 18.4. The number of rotatable bonds is 8. The van der Waals surface area contributed by atoms with E-state index < -0.39 is 0 Å². The molecule has 0 aliphatic carbocycles. The number of nitrogens with zero attached hydrogens (tertiary/aromatic N) is 2. The number of benzene rings is 2. The molecule has 136 valence electrons. The van der Waals surface area contributed by atoms with Crippen LogP contribution in [0.25, 0.3) is 0 Å².